The second-order valence-corrected chi connectivity index (χ2v) is 11.1. The summed E-state index contributed by atoms with van der Waals surface area (Å²) in [6.07, 6.45) is -10.1. The van der Waals surface area contributed by atoms with Crippen LogP contribution in [0.15, 0.2) is 50.9 Å². The third-order valence-corrected chi connectivity index (χ3v) is 7.15. The third kappa shape index (κ3) is 11.6. The molecule has 0 saturated heterocycles. The minimum Gasteiger partial charge on any atom is -0.480 e. The first-order valence-electron chi connectivity index (χ1n) is 13.7. The van der Waals surface area contributed by atoms with Crippen LogP contribution in [0, 0.1) is 0 Å². The number of carbonyl (C=O) groups is 2. The summed E-state index contributed by atoms with van der Waals surface area (Å²) in [7, 11) is -3.05. The first-order chi connectivity index (χ1) is 20.2. The highest BCUT2D eigenvalue weighted by molar-refractivity contribution is 7.90. The van der Waals surface area contributed by atoms with E-state index in [1.807, 2.05) is 13.8 Å². The fourth-order valence-corrected chi connectivity index (χ4v) is 4.16. The number of sulfone groups is 1. The zero-order chi connectivity index (χ0) is 34.6. The standard InChI is InChI=1S/C27H34F6N2O6S.C2H6/c1-8-16(4)18(13-21(25(37)40-10-3)23(34-6)27(31,32)33)15-35(9-2)24(36)20-14-19(42(7,38)39)11-12-22(20)41-17(5)26(28,29)30;1-2/h11-14,17H,8-10,15H2,1-7H3;1-2H3/b18-16-,21-13+,34-23?;/t17-;/m1./s1. The van der Waals surface area contributed by atoms with Crippen molar-refractivity contribution in [2.45, 2.75) is 78.2 Å². The van der Waals surface area contributed by atoms with Crippen LogP contribution >= 0.6 is 0 Å². The van der Waals surface area contributed by atoms with E-state index in [4.69, 9.17) is 9.47 Å². The molecule has 8 nitrogen and oxygen atoms in total. The number of hydrogen-bond acceptors (Lipinski definition) is 7. The van der Waals surface area contributed by atoms with Crippen molar-refractivity contribution in [2.75, 3.05) is 33.0 Å². The highest BCUT2D eigenvalue weighted by atomic mass is 32.2. The van der Waals surface area contributed by atoms with Crippen LogP contribution in [0.25, 0.3) is 0 Å². The number of likely N-dealkylation sites (N-methyl/N-ethyl adjacent to an activating group) is 1. The summed E-state index contributed by atoms with van der Waals surface area (Å²) in [5, 5.41) is 0. The molecule has 1 atom stereocenters. The minimum atomic E-state index is -5.02. The predicted octanol–water partition coefficient (Wildman–Crippen LogP) is 6.76. The lowest BCUT2D eigenvalue weighted by Gasteiger charge is -2.26. The molecule has 1 aromatic carbocycles. The molecule has 0 aliphatic rings. The first kappa shape index (κ1) is 40.6. The second kappa shape index (κ2) is 17.2. The number of hydrogen-bond donors (Lipinski definition) is 0. The molecule has 0 radical (unpaired) electrons. The highest BCUT2D eigenvalue weighted by Gasteiger charge is 2.41. The molecule has 1 rings (SSSR count). The van der Waals surface area contributed by atoms with E-state index in [0.29, 0.717) is 18.9 Å². The van der Waals surface area contributed by atoms with Crippen LogP contribution < -0.4 is 4.74 Å². The smallest absolute Gasteiger partial charge is 0.433 e. The number of amides is 1. The Hall–Kier alpha value is -3.36. The molecule has 0 aliphatic heterocycles. The molecule has 44 heavy (non-hydrogen) atoms. The quantitative estimate of drug-likeness (QED) is 0.0809. The van der Waals surface area contributed by atoms with Gasteiger partial charge in [-0.25, -0.2) is 13.2 Å². The average Bonchev–Trinajstić information content (AvgIpc) is 2.93. The van der Waals surface area contributed by atoms with Crippen molar-refractivity contribution in [2.24, 2.45) is 4.99 Å². The number of rotatable bonds is 12. The Kier molecular flexibility index (Phi) is 15.9. The minimum absolute atomic E-state index is 0.103. The molecule has 0 N–H and O–H groups in total. The molecule has 0 heterocycles. The van der Waals surface area contributed by atoms with Crippen molar-refractivity contribution in [1.82, 2.24) is 4.90 Å². The van der Waals surface area contributed by atoms with Gasteiger partial charge in [-0.1, -0.05) is 26.3 Å². The van der Waals surface area contributed by atoms with Gasteiger partial charge in [0.15, 0.2) is 21.7 Å². The van der Waals surface area contributed by atoms with Crippen LogP contribution in [-0.2, 0) is 19.4 Å². The lowest BCUT2D eigenvalue weighted by molar-refractivity contribution is -0.189. The summed E-state index contributed by atoms with van der Waals surface area (Å²) < 4.78 is 115. The van der Waals surface area contributed by atoms with E-state index in [0.717, 1.165) is 42.5 Å². The van der Waals surface area contributed by atoms with Crippen molar-refractivity contribution in [3.63, 3.8) is 0 Å². The maximum Gasteiger partial charge on any atom is 0.433 e. The van der Waals surface area contributed by atoms with E-state index < -0.39 is 69.3 Å². The van der Waals surface area contributed by atoms with E-state index >= 15 is 0 Å². The molecule has 0 saturated carbocycles. The molecular weight excluding hydrogens is 618 g/mol. The number of nitrogens with zero attached hydrogens (tertiary/aromatic N) is 2. The molecule has 0 bridgehead atoms. The van der Waals surface area contributed by atoms with Crippen molar-refractivity contribution in [3.8, 4) is 5.75 Å². The Labute approximate surface area is 254 Å². The third-order valence-electron chi connectivity index (χ3n) is 6.04. The number of alkyl halides is 6. The van der Waals surface area contributed by atoms with Crippen LogP contribution in [0.2, 0.25) is 0 Å². The second-order valence-electron chi connectivity index (χ2n) is 9.06. The molecule has 1 aromatic rings. The molecule has 250 valence electrons. The molecule has 0 aliphatic carbocycles. The van der Waals surface area contributed by atoms with E-state index in [9.17, 15) is 44.3 Å². The van der Waals surface area contributed by atoms with Gasteiger partial charge in [0.2, 0.25) is 0 Å². The number of allylic oxidation sites excluding steroid dienone is 1. The van der Waals surface area contributed by atoms with Gasteiger partial charge in [0, 0.05) is 26.4 Å². The highest BCUT2D eigenvalue weighted by Crippen LogP contribution is 2.31. The monoisotopic (exact) mass is 658 g/mol. The van der Waals surface area contributed by atoms with E-state index in [2.05, 4.69) is 4.99 Å². The fraction of sp³-hybridized carbons (Fsp3) is 0.552. The fourth-order valence-electron chi connectivity index (χ4n) is 3.51. The molecule has 1 amide bonds. The molecule has 0 aromatic heterocycles. The summed E-state index contributed by atoms with van der Waals surface area (Å²) in [5.41, 5.74) is -2.33. The number of halogens is 6. The Morgan fingerprint density at radius 1 is 1.07 bits per heavy atom. The van der Waals surface area contributed by atoms with Crippen molar-refractivity contribution < 1.29 is 53.8 Å². The van der Waals surface area contributed by atoms with Crippen molar-refractivity contribution >= 4 is 27.4 Å². The van der Waals surface area contributed by atoms with Crippen LogP contribution in [0.1, 0.15) is 65.2 Å². The SMILES string of the molecule is CC.CCOC(=O)/C(=C/C(CN(CC)C(=O)c1cc(S(C)(=O)=O)ccc1O[C@H](C)C(F)(F)F)=C(\C)CC)C(=NC)C(F)(F)F. The van der Waals surface area contributed by atoms with Gasteiger partial charge in [0.25, 0.3) is 5.91 Å². The number of carbonyl (C=O) groups excluding carboxylic acids is 2. The van der Waals surface area contributed by atoms with Crippen LogP contribution in [-0.4, -0.2) is 82.4 Å². The largest absolute Gasteiger partial charge is 0.480 e. The molecule has 0 spiro atoms. The summed E-state index contributed by atoms with van der Waals surface area (Å²) in [6, 6.07) is 2.80. The summed E-state index contributed by atoms with van der Waals surface area (Å²) >= 11 is 0. The van der Waals surface area contributed by atoms with Crippen molar-refractivity contribution in [3.05, 3.63) is 46.6 Å². The number of aliphatic imine (C=N–C) groups is 1. The summed E-state index contributed by atoms with van der Waals surface area (Å²) in [6.45, 7) is 10.1. The van der Waals surface area contributed by atoms with E-state index in [1.54, 1.807) is 13.8 Å². The normalized spacial score (nSPS) is 14.2. The van der Waals surface area contributed by atoms with Gasteiger partial charge in [-0.3, -0.25) is 9.79 Å². The van der Waals surface area contributed by atoms with Crippen LogP contribution in [0.5, 0.6) is 5.75 Å². The number of ether oxygens (including phenoxy) is 2. The maximum atomic E-state index is 13.7. The Balaban J connectivity index is 0.00000904. The molecule has 15 heteroatoms. The molecule has 0 fully saturated rings. The number of esters is 1. The zero-order valence-electron chi connectivity index (χ0n) is 26.2. The summed E-state index contributed by atoms with van der Waals surface area (Å²) in [5.74, 6) is -2.81. The van der Waals surface area contributed by atoms with E-state index in [-0.39, 0.29) is 23.6 Å². The van der Waals surface area contributed by atoms with Crippen molar-refractivity contribution in [1.29, 1.82) is 0 Å². The van der Waals surface area contributed by atoms with Gasteiger partial charge in [0.05, 0.1) is 22.6 Å². The molecule has 0 unspecified atom stereocenters. The van der Waals surface area contributed by atoms with Gasteiger partial charge >= 0.3 is 18.3 Å². The lowest BCUT2D eigenvalue weighted by Crippen LogP contribution is -2.35. The zero-order valence-corrected chi connectivity index (χ0v) is 27.1. The maximum absolute atomic E-state index is 13.7. The van der Waals surface area contributed by atoms with Gasteiger partial charge in [-0.15, -0.1) is 0 Å². The Morgan fingerprint density at radius 2 is 1.64 bits per heavy atom. The topological polar surface area (TPSA) is 102 Å². The van der Waals surface area contributed by atoms with Gasteiger partial charge in [-0.2, -0.15) is 26.3 Å². The van der Waals surface area contributed by atoms with Gasteiger partial charge in [0.1, 0.15) is 5.75 Å². The Bertz CT molecular complexity index is 1350. The van der Waals surface area contributed by atoms with Crippen LogP contribution in [0.3, 0.4) is 0 Å². The van der Waals surface area contributed by atoms with Gasteiger partial charge < -0.3 is 14.4 Å². The van der Waals surface area contributed by atoms with Gasteiger partial charge in [-0.05, 0) is 64.0 Å². The average molecular weight is 659 g/mol. The number of benzene rings is 1. The first-order valence-corrected chi connectivity index (χ1v) is 15.6. The molecular formula is C29H40F6N2O6S. The Morgan fingerprint density at radius 3 is 2.05 bits per heavy atom. The summed E-state index contributed by atoms with van der Waals surface area (Å²) in [4.78, 5) is 30.2. The lowest BCUT2D eigenvalue weighted by atomic mass is 10.00. The van der Waals surface area contributed by atoms with Crippen LogP contribution in [0.4, 0.5) is 26.3 Å². The van der Waals surface area contributed by atoms with E-state index in [1.165, 1.54) is 13.8 Å². The predicted molar refractivity (Wildman–Crippen MR) is 156 cm³/mol.